The molecule has 1 N–H and O–H groups in total. The predicted molar refractivity (Wildman–Crippen MR) is 74.5 cm³/mol. The van der Waals surface area contributed by atoms with Crippen molar-refractivity contribution in [2.45, 2.75) is 33.2 Å². The van der Waals surface area contributed by atoms with E-state index >= 15 is 0 Å². The van der Waals surface area contributed by atoms with Crippen molar-refractivity contribution in [2.24, 2.45) is 5.92 Å². The molecule has 0 aliphatic carbocycles. The number of oxazole rings is 1. The smallest absolute Gasteiger partial charge is 0.181 e. The molecule has 0 saturated carbocycles. The van der Waals surface area contributed by atoms with Gasteiger partial charge in [-0.15, -0.1) is 0 Å². The average Bonchev–Trinajstić information content (AvgIpc) is 2.90. The first-order valence-corrected chi connectivity index (χ1v) is 6.46. The molecule has 0 spiro atoms. The van der Waals surface area contributed by atoms with E-state index in [4.69, 9.17) is 4.42 Å². The van der Waals surface area contributed by atoms with E-state index in [1.807, 2.05) is 0 Å². The molecule has 0 bridgehead atoms. The molecule has 1 aromatic heterocycles. The Labute approximate surface area is 108 Å². The first kappa shape index (κ1) is 12.7. The maximum absolute atomic E-state index is 5.27. The summed E-state index contributed by atoms with van der Waals surface area (Å²) in [7, 11) is 0. The standard InChI is InChI=1S/C15H20N2O/c1-4-14(11(2)3)17-13-7-5-12(6-8-13)15-9-16-10-18-15/h5-11,14,17H,4H2,1-3H3. The highest BCUT2D eigenvalue weighted by atomic mass is 16.3. The lowest BCUT2D eigenvalue weighted by Crippen LogP contribution is -2.24. The van der Waals surface area contributed by atoms with Gasteiger partial charge in [0.25, 0.3) is 0 Å². The Balaban J connectivity index is 2.08. The van der Waals surface area contributed by atoms with Crippen molar-refractivity contribution in [3.05, 3.63) is 36.9 Å². The fraction of sp³-hybridized carbons (Fsp3) is 0.400. The lowest BCUT2D eigenvalue weighted by atomic mass is 10.0. The fourth-order valence-corrected chi connectivity index (χ4v) is 2.04. The molecule has 2 rings (SSSR count). The summed E-state index contributed by atoms with van der Waals surface area (Å²) in [5.41, 5.74) is 2.20. The van der Waals surface area contributed by atoms with Crippen molar-refractivity contribution in [1.29, 1.82) is 0 Å². The number of benzene rings is 1. The van der Waals surface area contributed by atoms with Crippen molar-refractivity contribution in [1.82, 2.24) is 4.98 Å². The lowest BCUT2D eigenvalue weighted by Gasteiger charge is -2.22. The molecule has 2 aromatic rings. The minimum Gasteiger partial charge on any atom is -0.444 e. The van der Waals surface area contributed by atoms with Crippen LogP contribution in [-0.4, -0.2) is 11.0 Å². The SMILES string of the molecule is CCC(Nc1ccc(-c2cnco2)cc1)C(C)C. The summed E-state index contributed by atoms with van der Waals surface area (Å²) in [6.07, 6.45) is 4.31. The third-order valence-electron chi connectivity index (χ3n) is 3.20. The summed E-state index contributed by atoms with van der Waals surface area (Å²) in [5.74, 6) is 1.43. The molecule has 0 aliphatic heterocycles. The number of aromatic nitrogens is 1. The average molecular weight is 244 g/mol. The van der Waals surface area contributed by atoms with Gasteiger partial charge < -0.3 is 9.73 Å². The molecule has 0 saturated heterocycles. The number of rotatable bonds is 5. The van der Waals surface area contributed by atoms with Crippen molar-refractivity contribution < 1.29 is 4.42 Å². The van der Waals surface area contributed by atoms with Gasteiger partial charge >= 0.3 is 0 Å². The maximum atomic E-state index is 5.27. The highest BCUT2D eigenvalue weighted by Gasteiger charge is 2.10. The van der Waals surface area contributed by atoms with Crippen molar-refractivity contribution in [3.8, 4) is 11.3 Å². The van der Waals surface area contributed by atoms with Crippen LogP contribution in [-0.2, 0) is 0 Å². The van der Waals surface area contributed by atoms with Crippen LogP contribution < -0.4 is 5.32 Å². The van der Waals surface area contributed by atoms with E-state index in [2.05, 4.69) is 55.3 Å². The van der Waals surface area contributed by atoms with Crippen molar-refractivity contribution in [2.75, 3.05) is 5.32 Å². The van der Waals surface area contributed by atoms with Gasteiger partial charge in [-0.05, 0) is 36.6 Å². The van der Waals surface area contributed by atoms with Gasteiger partial charge in [-0.3, -0.25) is 0 Å². The first-order chi connectivity index (χ1) is 8.70. The summed E-state index contributed by atoms with van der Waals surface area (Å²) in [6, 6.07) is 8.79. The minimum atomic E-state index is 0.515. The molecule has 1 heterocycles. The minimum absolute atomic E-state index is 0.515. The Kier molecular flexibility index (Phi) is 4.03. The Morgan fingerprint density at radius 3 is 2.44 bits per heavy atom. The fourth-order valence-electron chi connectivity index (χ4n) is 2.04. The Morgan fingerprint density at radius 2 is 1.94 bits per heavy atom. The van der Waals surface area contributed by atoms with Crippen LogP contribution in [0.25, 0.3) is 11.3 Å². The summed E-state index contributed by atoms with van der Waals surface area (Å²) >= 11 is 0. The summed E-state index contributed by atoms with van der Waals surface area (Å²) in [6.45, 7) is 6.69. The molecular weight excluding hydrogens is 224 g/mol. The van der Waals surface area contributed by atoms with Gasteiger partial charge in [0.2, 0.25) is 0 Å². The Morgan fingerprint density at radius 1 is 1.22 bits per heavy atom. The van der Waals surface area contributed by atoms with Crippen molar-refractivity contribution >= 4 is 5.69 Å². The second-order valence-electron chi connectivity index (χ2n) is 4.85. The van der Waals surface area contributed by atoms with Crippen LogP contribution in [0.1, 0.15) is 27.2 Å². The molecule has 18 heavy (non-hydrogen) atoms. The zero-order valence-electron chi connectivity index (χ0n) is 11.2. The second kappa shape index (κ2) is 5.71. The Bertz CT molecular complexity index is 460. The molecule has 3 heteroatoms. The molecule has 1 aromatic carbocycles. The molecule has 0 fully saturated rings. The van der Waals surface area contributed by atoms with Crippen molar-refractivity contribution in [3.63, 3.8) is 0 Å². The van der Waals surface area contributed by atoms with Crippen LogP contribution in [0.3, 0.4) is 0 Å². The van der Waals surface area contributed by atoms with E-state index in [0.29, 0.717) is 12.0 Å². The monoisotopic (exact) mass is 244 g/mol. The van der Waals surface area contributed by atoms with Crippen LogP contribution in [0.5, 0.6) is 0 Å². The van der Waals surface area contributed by atoms with E-state index in [0.717, 1.165) is 23.4 Å². The highest BCUT2D eigenvalue weighted by Crippen LogP contribution is 2.22. The topological polar surface area (TPSA) is 38.1 Å². The number of nitrogens with one attached hydrogen (secondary N) is 1. The van der Waals surface area contributed by atoms with E-state index in [9.17, 15) is 0 Å². The first-order valence-electron chi connectivity index (χ1n) is 6.46. The van der Waals surface area contributed by atoms with Gasteiger partial charge in [0.15, 0.2) is 12.2 Å². The van der Waals surface area contributed by atoms with Crippen LogP contribution in [0.4, 0.5) is 5.69 Å². The molecule has 0 amide bonds. The summed E-state index contributed by atoms with van der Waals surface area (Å²) in [4.78, 5) is 3.92. The van der Waals surface area contributed by atoms with Crippen LogP contribution in [0.2, 0.25) is 0 Å². The molecule has 0 aliphatic rings. The van der Waals surface area contributed by atoms with Gasteiger partial charge in [-0.25, -0.2) is 4.98 Å². The molecule has 0 radical (unpaired) electrons. The quantitative estimate of drug-likeness (QED) is 0.857. The molecule has 96 valence electrons. The van der Waals surface area contributed by atoms with Crippen LogP contribution >= 0.6 is 0 Å². The lowest BCUT2D eigenvalue weighted by molar-refractivity contribution is 0.511. The molecule has 1 unspecified atom stereocenters. The summed E-state index contributed by atoms with van der Waals surface area (Å²) < 4.78 is 5.27. The predicted octanol–water partition coefficient (Wildman–Crippen LogP) is 4.19. The zero-order valence-corrected chi connectivity index (χ0v) is 11.2. The Hall–Kier alpha value is -1.77. The number of hydrogen-bond donors (Lipinski definition) is 1. The number of anilines is 1. The normalized spacial score (nSPS) is 12.7. The van der Waals surface area contributed by atoms with Gasteiger partial charge in [0.05, 0.1) is 6.20 Å². The van der Waals surface area contributed by atoms with Gasteiger partial charge in [-0.2, -0.15) is 0 Å². The molecule has 1 atom stereocenters. The van der Waals surface area contributed by atoms with E-state index in [1.165, 1.54) is 6.39 Å². The van der Waals surface area contributed by atoms with Crippen LogP contribution in [0, 0.1) is 5.92 Å². The summed E-state index contributed by atoms with van der Waals surface area (Å²) in [5, 5.41) is 3.55. The van der Waals surface area contributed by atoms with E-state index in [1.54, 1.807) is 6.20 Å². The highest BCUT2D eigenvalue weighted by molar-refractivity contribution is 5.60. The largest absolute Gasteiger partial charge is 0.444 e. The van der Waals surface area contributed by atoms with E-state index in [-0.39, 0.29) is 0 Å². The third-order valence-corrected chi connectivity index (χ3v) is 3.20. The number of hydrogen-bond acceptors (Lipinski definition) is 3. The molecule has 3 nitrogen and oxygen atoms in total. The third kappa shape index (κ3) is 2.92. The molecular formula is C15H20N2O. The number of nitrogens with zero attached hydrogens (tertiary/aromatic N) is 1. The second-order valence-corrected chi connectivity index (χ2v) is 4.85. The van der Waals surface area contributed by atoms with Gasteiger partial charge in [0.1, 0.15) is 0 Å². The van der Waals surface area contributed by atoms with Gasteiger partial charge in [0, 0.05) is 17.3 Å². The zero-order chi connectivity index (χ0) is 13.0. The van der Waals surface area contributed by atoms with Gasteiger partial charge in [-0.1, -0.05) is 20.8 Å². The van der Waals surface area contributed by atoms with E-state index < -0.39 is 0 Å². The van der Waals surface area contributed by atoms with Crippen LogP contribution in [0.15, 0.2) is 41.3 Å². The maximum Gasteiger partial charge on any atom is 0.181 e.